The van der Waals surface area contributed by atoms with E-state index >= 15 is 0 Å². The molecule has 0 amide bonds. The Kier molecular flexibility index (Phi) is 3.32. The van der Waals surface area contributed by atoms with Gasteiger partial charge in [0, 0.05) is 17.2 Å². The molecule has 0 spiro atoms. The van der Waals surface area contributed by atoms with Crippen molar-refractivity contribution in [3.63, 3.8) is 0 Å². The number of H-pyrrole nitrogens is 1. The first kappa shape index (κ1) is 15.1. The highest BCUT2D eigenvalue weighted by Crippen LogP contribution is 2.51. The van der Waals surface area contributed by atoms with Crippen LogP contribution in [0.25, 0.3) is 5.78 Å². The van der Waals surface area contributed by atoms with Gasteiger partial charge in [-0.2, -0.15) is 9.50 Å². The van der Waals surface area contributed by atoms with Gasteiger partial charge in [0.1, 0.15) is 4.75 Å². The summed E-state index contributed by atoms with van der Waals surface area (Å²) in [5, 5.41) is 3.39. The Labute approximate surface area is 131 Å². The van der Waals surface area contributed by atoms with Crippen molar-refractivity contribution in [2.45, 2.75) is 44.0 Å². The molecule has 1 fully saturated rings. The highest BCUT2D eigenvalue weighted by Gasteiger charge is 2.57. The SMILES string of the molecule is CCC1(C)COC(=O)C1(C)Sc1nc2nc(C)cc(=O)n2[nH]1. The van der Waals surface area contributed by atoms with Crippen LogP contribution in [0, 0.1) is 12.3 Å². The molecule has 1 N–H and O–H groups in total. The second kappa shape index (κ2) is 4.84. The van der Waals surface area contributed by atoms with Gasteiger partial charge in [-0.1, -0.05) is 25.6 Å². The van der Waals surface area contributed by atoms with Crippen LogP contribution in [-0.4, -0.2) is 36.9 Å². The molecular weight excluding hydrogens is 304 g/mol. The summed E-state index contributed by atoms with van der Waals surface area (Å²) in [6.07, 6.45) is 0.805. The summed E-state index contributed by atoms with van der Waals surface area (Å²) in [6, 6.07) is 1.43. The minimum absolute atomic E-state index is 0.223. The molecule has 0 radical (unpaired) electrons. The second-order valence-electron chi connectivity index (χ2n) is 6.03. The van der Waals surface area contributed by atoms with Gasteiger partial charge in [0.05, 0.1) is 6.61 Å². The smallest absolute Gasteiger partial charge is 0.323 e. The number of cyclic esters (lactones) is 1. The predicted octanol–water partition coefficient (Wildman–Crippen LogP) is 1.55. The number of thioether (sulfide) groups is 1. The van der Waals surface area contributed by atoms with Gasteiger partial charge in [-0.05, 0) is 20.3 Å². The molecule has 2 aromatic heterocycles. The summed E-state index contributed by atoms with van der Waals surface area (Å²) >= 11 is 1.29. The normalized spacial score (nSPS) is 28.3. The van der Waals surface area contributed by atoms with E-state index in [4.69, 9.17) is 4.74 Å². The molecule has 0 bridgehead atoms. The first-order valence-electron chi connectivity index (χ1n) is 7.12. The Bertz CT molecular complexity index is 814. The van der Waals surface area contributed by atoms with Gasteiger partial charge in [-0.25, -0.2) is 4.98 Å². The molecule has 2 aromatic rings. The summed E-state index contributed by atoms with van der Waals surface area (Å²) in [5.41, 5.74) is 0.0966. The summed E-state index contributed by atoms with van der Waals surface area (Å²) < 4.78 is 5.80. The van der Waals surface area contributed by atoms with E-state index in [1.54, 1.807) is 6.92 Å². The van der Waals surface area contributed by atoms with E-state index in [-0.39, 0.29) is 16.9 Å². The van der Waals surface area contributed by atoms with Crippen molar-refractivity contribution in [1.29, 1.82) is 0 Å². The van der Waals surface area contributed by atoms with E-state index < -0.39 is 4.75 Å². The number of fused-ring (bicyclic) bond motifs is 1. The van der Waals surface area contributed by atoms with Crippen molar-refractivity contribution in [2.75, 3.05) is 6.61 Å². The number of aromatic nitrogens is 4. The molecule has 118 valence electrons. The van der Waals surface area contributed by atoms with Gasteiger partial charge >= 0.3 is 5.97 Å². The Morgan fingerprint density at radius 3 is 2.82 bits per heavy atom. The summed E-state index contributed by atoms with van der Waals surface area (Å²) in [5.74, 6) is 0.0551. The number of carbonyl (C=O) groups is 1. The van der Waals surface area contributed by atoms with Gasteiger partial charge in [0.25, 0.3) is 11.3 Å². The molecule has 0 saturated carbocycles. The fourth-order valence-corrected chi connectivity index (χ4v) is 3.81. The predicted molar refractivity (Wildman–Crippen MR) is 82.0 cm³/mol. The Morgan fingerprint density at radius 2 is 2.14 bits per heavy atom. The Morgan fingerprint density at radius 1 is 1.41 bits per heavy atom. The first-order valence-corrected chi connectivity index (χ1v) is 7.93. The molecule has 1 saturated heterocycles. The standard InChI is InChI=1S/C14H18N4O3S/c1-5-13(3)7-21-10(20)14(13,4)22-12-16-11-15-8(2)6-9(19)18(11)17-12/h6H,5,7H2,1-4H3,(H,15,16,17). The van der Waals surface area contributed by atoms with Crippen LogP contribution in [0.15, 0.2) is 16.0 Å². The molecule has 7 nitrogen and oxygen atoms in total. The average molecular weight is 322 g/mol. The van der Waals surface area contributed by atoms with Crippen molar-refractivity contribution in [3.8, 4) is 0 Å². The number of hydrogen-bond acceptors (Lipinski definition) is 6. The van der Waals surface area contributed by atoms with Crippen molar-refractivity contribution >= 4 is 23.5 Å². The van der Waals surface area contributed by atoms with Gasteiger partial charge in [-0.3, -0.25) is 14.7 Å². The number of carbonyl (C=O) groups excluding carboxylic acids is 1. The molecule has 1 aliphatic rings. The van der Waals surface area contributed by atoms with Gasteiger partial charge in [0.15, 0.2) is 5.16 Å². The van der Waals surface area contributed by atoms with Crippen LogP contribution in [0.1, 0.15) is 32.9 Å². The maximum atomic E-state index is 12.2. The third kappa shape index (κ3) is 2.05. The van der Waals surface area contributed by atoms with Crippen molar-refractivity contribution in [1.82, 2.24) is 19.6 Å². The topological polar surface area (TPSA) is 89.3 Å². The van der Waals surface area contributed by atoms with Crippen LogP contribution in [0.4, 0.5) is 0 Å². The fourth-order valence-electron chi connectivity index (χ4n) is 2.56. The molecule has 22 heavy (non-hydrogen) atoms. The Hall–Kier alpha value is -1.83. The maximum absolute atomic E-state index is 12.2. The minimum atomic E-state index is -0.756. The number of nitrogens with one attached hydrogen (secondary N) is 1. The molecule has 2 atom stereocenters. The quantitative estimate of drug-likeness (QED) is 0.862. The van der Waals surface area contributed by atoms with E-state index in [0.29, 0.717) is 23.2 Å². The van der Waals surface area contributed by atoms with E-state index in [2.05, 4.69) is 15.1 Å². The van der Waals surface area contributed by atoms with Gasteiger partial charge < -0.3 is 4.74 Å². The van der Waals surface area contributed by atoms with E-state index in [1.165, 1.54) is 22.3 Å². The first-order chi connectivity index (χ1) is 10.3. The summed E-state index contributed by atoms with van der Waals surface area (Å²) in [7, 11) is 0. The monoisotopic (exact) mass is 322 g/mol. The third-order valence-corrected chi connectivity index (χ3v) is 6.03. The molecule has 0 aliphatic carbocycles. The summed E-state index contributed by atoms with van der Waals surface area (Å²) in [4.78, 5) is 32.7. The Balaban J connectivity index is 2.04. The van der Waals surface area contributed by atoms with Crippen molar-refractivity contribution < 1.29 is 9.53 Å². The minimum Gasteiger partial charge on any atom is -0.464 e. The van der Waals surface area contributed by atoms with Crippen LogP contribution in [0.3, 0.4) is 0 Å². The molecule has 0 aromatic carbocycles. The molecule has 2 unspecified atom stereocenters. The molecule has 3 heterocycles. The largest absolute Gasteiger partial charge is 0.464 e. The number of ether oxygens (including phenoxy) is 1. The van der Waals surface area contributed by atoms with Crippen molar-refractivity contribution in [2.24, 2.45) is 5.41 Å². The molecule has 1 aliphatic heterocycles. The lowest BCUT2D eigenvalue weighted by atomic mass is 9.78. The zero-order valence-electron chi connectivity index (χ0n) is 13.0. The van der Waals surface area contributed by atoms with E-state index in [9.17, 15) is 9.59 Å². The van der Waals surface area contributed by atoms with Gasteiger partial charge in [0.2, 0.25) is 0 Å². The molecule has 3 rings (SSSR count). The average Bonchev–Trinajstić information content (AvgIpc) is 2.94. The van der Waals surface area contributed by atoms with E-state index in [0.717, 1.165) is 6.42 Å². The van der Waals surface area contributed by atoms with Crippen molar-refractivity contribution in [3.05, 3.63) is 22.1 Å². The number of rotatable bonds is 3. The zero-order valence-corrected chi connectivity index (χ0v) is 13.8. The van der Waals surface area contributed by atoms with Gasteiger partial charge in [-0.15, -0.1) is 0 Å². The van der Waals surface area contributed by atoms with Crippen LogP contribution in [0.2, 0.25) is 0 Å². The number of aryl methyl sites for hydroxylation is 1. The lowest BCUT2D eigenvalue weighted by Gasteiger charge is -2.33. The third-order valence-electron chi connectivity index (χ3n) is 4.58. The lowest BCUT2D eigenvalue weighted by Crippen LogP contribution is -2.42. The number of hydrogen-bond donors (Lipinski definition) is 1. The molecular formula is C14H18N4O3S. The van der Waals surface area contributed by atoms with Crippen LogP contribution >= 0.6 is 11.8 Å². The van der Waals surface area contributed by atoms with Crippen LogP contribution in [0.5, 0.6) is 0 Å². The van der Waals surface area contributed by atoms with Crippen LogP contribution < -0.4 is 5.56 Å². The molecule has 8 heteroatoms. The maximum Gasteiger partial charge on any atom is 0.323 e. The number of aromatic amines is 1. The second-order valence-corrected chi connectivity index (χ2v) is 7.43. The zero-order chi connectivity index (χ0) is 16.1. The highest BCUT2D eigenvalue weighted by molar-refractivity contribution is 8.01. The van der Waals surface area contributed by atoms with Crippen LogP contribution in [-0.2, 0) is 9.53 Å². The number of esters is 1. The fraction of sp³-hybridized carbons (Fsp3) is 0.571. The highest BCUT2D eigenvalue weighted by atomic mass is 32.2. The van der Waals surface area contributed by atoms with E-state index in [1.807, 2.05) is 20.8 Å². The lowest BCUT2D eigenvalue weighted by molar-refractivity contribution is -0.139. The summed E-state index contributed by atoms with van der Waals surface area (Å²) in [6.45, 7) is 8.07. The number of nitrogens with zero attached hydrogens (tertiary/aromatic N) is 3.